The molecule has 5 aromatic rings. The Kier molecular flexibility index (Phi) is 6.15. The minimum atomic E-state index is -0.122. The summed E-state index contributed by atoms with van der Waals surface area (Å²) in [6.45, 7) is 0.424. The van der Waals surface area contributed by atoms with Crippen molar-refractivity contribution < 1.29 is 9.21 Å². The lowest BCUT2D eigenvalue weighted by Crippen LogP contribution is -2.15. The number of amides is 1. The number of furan rings is 1. The van der Waals surface area contributed by atoms with Crippen LogP contribution >= 0.6 is 23.4 Å². The molecule has 1 N–H and O–H groups in total. The summed E-state index contributed by atoms with van der Waals surface area (Å²) in [6.07, 6.45) is 1.62. The quantitative estimate of drug-likeness (QED) is 0.287. The third-order valence-corrected chi connectivity index (χ3v) is 6.42. The summed E-state index contributed by atoms with van der Waals surface area (Å²) in [5.41, 5.74) is 1.55. The number of nitrogens with zero attached hydrogens (tertiary/aromatic N) is 3. The van der Waals surface area contributed by atoms with E-state index in [9.17, 15) is 4.79 Å². The SMILES string of the molecule is O=C(CSc1nnc(-c2ccccc2Cl)n1Cc1ccco1)Nc1cccc2ccccc12. The molecule has 0 atom stereocenters. The van der Waals surface area contributed by atoms with E-state index in [2.05, 4.69) is 15.5 Å². The van der Waals surface area contributed by atoms with Gasteiger partial charge in [-0.2, -0.15) is 0 Å². The van der Waals surface area contributed by atoms with Crippen LogP contribution in [0.25, 0.3) is 22.2 Å². The smallest absolute Gasteiger partial charge is 0.234 e. The molecule has 5 rings (SSSR count). The molecule has 0 aliphatic carbocycles. The van der Waals surface area contributed by atoms with Gasteiger partial charge in [0.25, 0.3) is 0 Å². The van der Waals surface area contributed by atoms with E-state index in [1.807, 2.05) is 83.4 Å². The lowest BCUT2D eigenvalue weighted by atomic mass is 10.1. The van der Waals surface area contributed by atoms with E-state index in [4.69, 9.17) is 16.0 Å². The molecule has 0 spiro atoms. The zero-order valence-electron chi connectivity index (χ0n) is 17.4. The largest absolute Gasteiger partial charge is 0.467 e. The predicted molar refractivity (Wildman–Crippen MR) is 132 cm³/mol. The molecule has 1 amide bonds. The van der Waals surface area contributed by atoms with Crippen LogP contribution in [0.2, 0.25) is 5.02 Å². The molecule has 0 saturated heterocycles. The number of fused-ring (bicyclic) bond motifs is 1. The Morgan fingerprint density at radius 2 is 1.79 bits per heavy atom. The minimum absolute atomic E-state index is 0.122. The number of hydrogen-bond donors (Lipinski definition) is 1. The van der Waals surface area contributed by atoms with Crippen LogP contribution in [0.3, 0.4) is 0 Å². The Balaban J connectivity index is 1.38. The van der Waals surface area contributed by atoms with Crippen molar-refractivity contribution in [3.8, 4) is 11.4 Å². The van der Waals surface area contributed by atoms with Gasteiger partial charge in [-0.15, -0.1) is 10.2 Å². The zero-order valence-corrected chi connectivity index (χ0v) is 19.0. The fourth-order valence-corrected chi connectivity index (χ4v) is 4.55. The van der Waals surface area contributed by atoms with Crippen molar-refractivity contribution in [1.82, 2.24) is 14.8 Å². The summed E-state index contributed by atoms with van der Waals surface area (Å²) in [5.74, 6) is 1.43. The molecule has 3 aromatic carbocycles. The molecule has 6 nitrogen and oxygen atoms in total. The lowest BCUT2D eigenvalue weighted by Gasteiger charge is -2.11. The molecule has 8 heteroatoms. The van der Waals surface area contributed by atoms with Crippen molar-refractivity contribution in [2.45, 2.75) is 11.7 Å². The van der Waals surface area contributed by atoms with Gasteiger partial charge in [-0.1, -0.05) is 71.9 Å². The molecule has 0 bridgehead atoms. The molecule has 0 unspecified atom stereocenters. The second-order valence-corrected chi connectivity index (χ2v) is 8.66. The van der Waals surface area contributed by atoms with E-state index in [0.29, 0.717) is 22.5 Å². The lowest BCUT2D eigenvalue weighted by molar-refractivity contribution is -0.113. The minimum Gasteiger partial charge on any atom is -0.467 e. The van der Waals surface area contributed by atoms with Gasteiger partial charge >= 0.3 is 0 Å². The summed E-state index contributed by atoms with van der Waals surface area (Å²) < 4.78 is 7.44. The van der Waals surface area contributed by atoms with Crippen molar-refractivity contribution in [3.63, 3.8) is 0 Å². The van der Waals surface area contributed by atoms with E-state index in [1.54, 1.807) is 6.26 Å². The highest BCUT2D eigenvalue weighted by Gasteiger charge is 2.19. The number of anilines is 1. The van der Waals surface area contributed by atoms with Crippen LogP contribution < -0.4 is 5.32 Å². The molecule has 0 fully saturated rings. The van der Waals surface area contributed by atoms with E-state index in [1.165, 1.54) is 11.8 Å². The topological polar surface area (TPSA) is 73.0 Å². The van der Waals surface area contributed by atoms with Gasteiger partial charge in [-0.05, 0) is 35.7 Å². The fourth-order valence-electron chi connectivity index (χ4n) is 3.59. The summed E-state index contributed by atoms with van der Waals surface area (Å²) in [5, 5.41) is 15.0. The highest BCUT2D eigenvalue weighted by atomic mass is 35.5. The van der Waals surface area contributed by atoms with Gasteiger partial charge in [0.15, 0.2) is 11.0 Å². The van der Waals surface area contributed by atoms with Gasteiger partial charge < -0.3 is 9.73 Å². The number of rotatable bonds is 7. The molecular weight excluding hydrogens is 456 g/mol. The molecule has 0 aliphatic heterocycles. The fraction of sp³-hybridized carbons (Fsp3) is 0.0800. The number of benzene rings is 3. The number of aromatic nitrogens is 3. The van der Waals surface area contributed by atoms with E-state index >= 15 is 0 Å². The Bertz CT molecular complexity index is 1410. The monoisotopic (exact) mass is 474 g/mol. The van der Waals surface area contributed by atoms with Crippen LogP contribution in [-0.4, -0.2) is 26.4 Å². The third kappa shape index (κ3) is 4.65. The summed E-state index contributed by atoms with van der Waals surface area (Å²) in [7, 11) is 0. The van der Waals surface area contributed by atoms with Gasteiger partial charge in [-0.3, -0.25) is 9.36 Å². The van der Waals surface area contributed by atoms with Gasteiger partial charge in [0.05, 0.1) is 23.6 Å². The maximum atomic E-state index is 12.8. The maximum absolute atomic E-state index is 12.8. The summed E-state index contributed by atoms with van der Waals surface area (Å²) in [6, 6.07) is 25.0. The molecule has 0 radical (unpaired) electrons. The highest BCUT2D eigenvalue weighted by Crippen LogP contribution is 2.30. The van der Waals surface area contributed by atoms with Gasteiger partial charge in [0.2, 0.25) is 5.91 Å². The van der Waals surface area contributed by atoms with Crippen molar-refractivity contribution in [3.05, 3.63) is 95.9 Å². The summed E-state index contributed by atoms with van der Waals surface area (Å²) in [4.78, 5) is 12.8. The second-order valence-electron chi connectivity index (χ2n) is 7.32. The average molecular weight is 475 g/mol. The van der Waals surface area contributed by atoms with Gasteiger partial charge in [-0.25, -0.2) is 0 Å². The Labute approximate surface area is 199 Å². The molecular formula is C25H19ClN4O2S. The number of carbonyl (C=O) groups is 1. The number of carbonyl (C=O) groups excluding carboxylic acids is 1. The third-order valence-electron chi connectivity index (χ3n) is 5.12. The normalized spacial score (nSPS) is 11.1. The average Bonchev–Trinajstić information content (AvgIpc) is 3.49. The van der Waals surface area contributed by atoms with Gasteiger partial charge in [0.1, 0.15) is 5.76 Å². The molecule has 2 aromatic heterocycles. The Morgan fingerprint density at radius 1 is 0.970 bits per heavy atom. The molecule has 0 aliphatic rings. The first kappa shape index (κ1) is 21.3. The van der Waals surface area contributed by atoms with Crippen molar-refractivity contribution >= 4 is 45.7 Å². The Morgan fingerprint density at radius 3 is 2.64 bits per heavy atom. The number of nitrogens with one attached hydrogen (secondary N) is 1. The first-order valence-electron chi connectivity index (χ1n) is 10.3. The highest BCUT2D eigenvalue weighted by molar-refractivity contribution is 7.99. The molecule has 2 heterocycles. The molecule has 164 valence electrons. The van der Waals surface area contributed by atoms with Crippen LogP contribution in [0.1, 0.15) is 5.76 Å². The van der Waals surface area contributed by atoms with Gasteiger partial charge in [0, 0.05) is 16.6 Å². The van der Waals surface area contributed by atoms with E-state index < -0.39 is 0 Å². The van der Waals surface area contributed by atoms with Crippen LogP contribution in [0, 0.1) is 0 Å². The number of halogens is 1. The summed E-state index contributed by atoms with van der Waals surface area (Å²) >= 11 is 7.73. The van der Waals surface area contributed by atoms with Crippen LogP contribution in [0.15, 0.2) is 94.7 Å². The molecule has 33 heavy (non-hydrogen) atoms. The van der Waals surface area contributed by atoms with Crippen molar-refractivity contribution in [2.75, 3.05) is 11.1 Å². The maximum Gasteiger partial charge on any atom is 0.234 e. The van der Waals surface area contributed by atoms with E-state index in [-0.39, 0.29) is 11.7 Å². The first-order valence-corrected chi connectivity index (χ1v) is 11.7. The van der Waals surface area contributed by atoms with Crippen LogP contribution in [-0.2, 0) is 11.3 Å². The van der Waals surface area contributed by atoms with E-state index in [0.717, 1.165) is 27.8 Å². The number of hydrogen-bond acceptors (Lipinski definition) is 5. The second kappa shape index (κ2) is 9.52. The zero-order chi connectivity index (χ0) is 22.6. The standard InChI is InChI=1S/C25H19ClN4O2S/c26-21-12-4-3-11-20(21)24-28-29-25(30(24)15-18-9-6-14-32-18)33-16-23(31)27-22-13-5-8-17-7-1-2-10-19(17)22/h1-14H,15-16H2,(H,27,31). The van der Waals surface area contributed by atoms with Crippen LogP contribution in [0.4, 0.5) is 5.69 Å². The first-order chi connectivity index (χ1) is 16.2. The number of thioether (sulfide) groups is 1. The predicted octanol–water partition coefficient (Wildman–Crippen LogP) is 6.12. The van der Waals surface area contributed by atoms with Crippen LogP contribution in [0.5, 0.6) is 0 Å². The molecule has 0 saturated carbocycles. The van der Waals surface area contributed by atoms with Crippen molar-refractivity contribution in [1.29, 1.82) is 0 Å². The van der Waals surface area contributed by atoms with Crippen molar-refractivity contribution in [2.24, 2.45) is 0 Å². The Hall–Kier alpha value is -3.55.